The average molecular weight is 364 g/mol. The lowest BCUT2D eigenvalue weighted by molar-refractivity contribution is -0.118. The molecular formula is C22H28N4O. The molecule has 5 nitrogen and oxygen atoms in total. The Labute approximate surface area is 160 Å². The second-order valence-electron chi connectivity index (χ2n) is 7.14. The van der Waals surface area contributed by atoms with Gasteiger partial charge in [-0.15, -0.1) is 0 Å². The Kier molecular flexibility index (Phi) is 6.35. The van der Waals surface area contributed by atoms with Crippen LogP contribution in [0, 0.1) is 6.92 Å². The Balaban J connectivity index is 1.59. The number of carbonyl (C=O) groups is 1. The number of fused-ring (bicyclic) bond motifs is 1. The minimum absolute atomic E-state index is 0.106. The SMILES string of the molecule is CCC(=O)CCCCC[C@H](N)c1ncc(-c2ccc3nc(C)ccc3c2)[nH]1. The van der Waals surface area contributed by atoms with Crippen LogP contribution in [0.2, 0.25) is 0 Å². The van der Waals surface area contributed by atoms with Crippen molar-refractivity contribution < 1.29 is 4.79 Å². The lowest BCUT2D eigenvalue weighted by Crippen LogP contribution is -2.12. The van der Waals surface area contributed by atoms with E-state index in [0.717, 1.165) is 59.4 Å². The van der Waals surface area contributed by atoms with Crippen molar-refractivity contribution in [2.24, 2.45) is 5.73 Å². The van der Waals surface area contributed by atoms with Gasteiger partial charge >= 0.3 is 0 Å². The van der Waals surface area contributed by atoms with Crippen LogP contribution in [0.4, 0.5) is 0 Å². The molecule has 2 heterocycles. The van der Waals surface area contributed by atoms with Crippen molar-refractivity contribution in [1.82, 2.24) is 15.0 Å². The first-order valence-electron chi connectivity index (χ1n) is 9.77. The number of imidazole rings is 1. The molecule has 0 amide bonds. The fourth-order valence-corrected chi connectivity index (χ4v) is 3.24. The number of unbranched alkanes of at least 4 members (excludes halogenated alkanes) is 2. The van der Waals surface area contributed by atoms with E-state index in [9.17, 15) is 4.79 Å². The monoisotopic (exact) mass is 364 g/mol. The highest BCUT2D eigenvalue weighted by molar-refractivity contribution is 5.83. The highest BCUT2D eigenvalue weighted by atomic mass is 16.1. The molecular weight excluding hydrogens is 336 g/mol. The van der Waals surface area contributed by atoms with Gasteiger partial charge in [0, 0.05) is 29.5 Å². The molecule has 0 aliphatic heterocycles. The lowest BCUT2D eigenvalue weighted by Gasteiger charge is -2.08. The molecule has 1 aromatic carbocycles. The maximum Gasteiger partial charge on any atom is 0.132 e. The van der Waals surface area contributed by atoms with Crippen LogP contribution >= 0.6 is 0 Å². The summed E-state index contributed by atoms with van der Waals surface area (Å²) in [5.74, 6) is 1.16. The van der Waals surface area contributed by atoms with Crippen LogP contribution < -0.4 is 5.73 Å². The standard InChI is InChI=1S/C22H28N4O/c1-3-18(27)7-5-4-6-8-19(23)22-24-14-21(26-22)17-11-12-20-16(13-17)10-9-15(2)25-20/h9-14,19H,3-8,23H2,1-2H3,(H,24,26)/t19-/m0/s1. The number of hydrogen-bond donors (Lipinski definition) is 2. The molecule has 1 atom stereocenters. The van der Waals surface area contributed by atoms with E-state index in [2.05, 4.69) is 33.2 Å². The summed E-state index contributed by atoms with van der Waals surface area (Å²) in [4.78, 5) is 23.7. The van der Waals surface area contributed by atoms with Gasteiger partial charge in [-0.25, -0.2) is 4.98 Å². The summed E-state index contributed by atoms with van der Waals surface area (Å²) in [5, 5.41) is 1.11. The summed E-state index contributed by atoms with van der Waals surface area (Å²) < 4.78 is 0. The number of nitrogens with two attached hydrogens (primary N) is 1. The molecule has 0 aliphatic carbocycles. The third kappa shape index (κ3) is 5.01. The molecule has 3 N–H and O–H groups in total. The van der Waals surface area contributed by atoms with Crippen LogP contribution in [-0.4, -0.2) is 20.7 Å². The first-order valence-corrected chi connectivity index (χ1v) is 9.77. The topological polar surface area (TPSA) is 84.7 Å². The van der Waals surface area contributed by atoms with E-state index in [1.165, 1.54) is 0 Å². The van der Waals surface area contributed by atoms with Gasteiger partial charge in [-0.05, 0) is 38.0 Å². The van der Waals surface area contributed by atoms with Crippen molar-refractivity contribution in [2.45, 2.75) is 58.4 Å². The van der Waals surface area contributed by atoms with Gasteiger partial charge in [-0.3, -0.25) is 9.78 Å². The third-order valence-corrected chi connectivity index (χ3v) is 4.95. The molecule has 27 heavy (non-hydrogen) atoms. The Morgan fingerprint density at radius 1 is 1.19 bits per heavy atom. The van der Waals surface area contributed by atoms with Crippen molar-refractivity contribution in [3.8, 4) is 11.3 Å². The molecule has 0 aliphatic rings. The van der Waals surface area contributed by atoms with Crippen molar-refractivity contribution in [1.29, 1.82) is 0 Å². The molecule has 0 saturated carbocycles. The highest BCUT2D eigenvalue weighted by Crippen LogP contribution is 2.24. The number of aromatic nitrogens is 3. The molecule has 0 saturated heterocycles. The van der Waals surface area contributed by atoms with E-state index in [0.29, 0.717) is 18.6 Å². The molecule has 0 spiro atoms. The first kappa shape index (κ1) is 19.2. The maximum absolute atomic E-state index is 11.3. The van der Waals surface area contributed by atoms with E-state index in [1.54, 1.807) is 0 Å². The van der Waals surface area contributed by atoms with Crippen molar-refractivity contribution >= 4 is 16.7 Å². The summed E-state index contributed by atoms with van der Waals surface area (Å²) in [6.07, 6.45) is 7.03. The van der Waals surface area contributed by atoms with Crippen molar-refractivity contribution in [3.05, 3.63) is 48.0 Å². The number of benzene rings is 1. The summed E-state index contributed by atoms with van der Waals surface area (Å²) in [5.41, 5.74) is 10.4. The van der Waals surface area contributed by atoms with E-state index < -0.39 is 0 Å². The molecule has 5 heteroatoms. The van der Waals surface area contributed by atoms with Gasteiger partial charge in [-0.1, -0.05) is 31.9 Å². The number of rotatable bonds is 9. The van der Waals surface area contributed by atoms with Crippen LogP contribution in [0.1, 0.15) is 63.0 Å². The summed E-state index contributed by atoms with van der Waals surface area (Å²) in [7, 11) is 0. The predicted molar refractivity (Wildman–Crippen MR) is 109 cm³/mol. The van der Waals surface area contributed by atoms with Gasteiger partial charge < -0.3 is 10.7 Å². The molecule has 0 unspecified atom stereocenters. The normalized spacial score (nSPS) is 12.4. The summed E-state index contributed by atoms with van der Waals surface area (Å²) in [6.45, 7) is 3.91. The molecule has 0 bridgehead atoms. The Bertz CT molecular complexity index is 916. The Morgan fingerprint density at radius 2 is 2.04 bits per heavy atom. The smallest absolute Gasteiger partial charge is 0.132 e. The number of carbonyl (C=O) groups excluding carboxylic acids is 1. The van der Waals surface area contributed by atoms with Gasteiger partial charge in [0.05, 0.1) is 23.4 Å². The van der Waals surface area contributed by atoms with Gasteiger partial charge in [0.15, 0.2) is 0 Å². The summed E-state index contributed by atoms with van der Waals surface area (Å²) in [6, 6.07) is 10.2. The maximum atomic E-state index is 11.3. The number of nitrogens with one attached hydrogen (secondary N) is 1. The molecule has 2 aromatic heterocycles. The Hall–Kier alpha value is -2.53. The zero-order valence-electron chi connectivity index (χ0n) is 16.2. The zero-order valence-corrected chi connectivity index (χ0v) is 16.2. The predicted octanol–water partition coefficient (Wildman–Crippen LogP) is 4.86. The molecule has 3 rings (SSSR count). The number of aryl methyl sites for hydroxylation is 1. The molecule has 3 aromatic rings. The summed E-state index contributed by atoms with van der Waals surface area (Å²) >= 11 is 0. The number of Topliss-reactive ketones (excluding diaryl/α,β-unsaturated/α-hetero) is 1. The van der Waals surface area contributed by atoms with Crippen molar-refractivity contribution in [2.75, 3.05) is 0 Å². The number of pyridine rings is 1. The van der Waals surface area contributed by atoms with Gasteiger partial charge in [-0.2, -0.15) is 0 Å². The second kappa shape index (κ2) is 8.91. The van der Waals surface area contributed by atoms with Crippen LogP contribution in [-0.2, 0) is 4.79 Å². The van der Waals surface area contributed by atoms with E-state index >= 15 is 0 Å². The van der Waals surface area contributed by atoms with E-state index in [-0.39, 0.29) is 6.04 Å². The first-order chi connectivity index (χ1) is 13.1. The average Bonchev–Trinajstić information content (AvgIpc) is 3.17. The molecule has 142 valence electrons. The third-order valence-electron chi connectivity index (χ3n) is 4.95. The quantitative estimate of drug-likeness (QED) is 0.531. The number of nitrogens with zero attached hydrogens (tertiary/aromatic N) is 2. The van der Waals surface area contributed by atoms with Crippen LogP contribution in [0.3, 0.4) is 0 Å². The molecule has 0 fully saturated rings. The van der Waals surface area contributed by atoms with Crippen LogP contribution in [0.5, 0.6) is 0 Å². The second-order valence-corrected chi connectivity index (χ2v) is 7.14. The largest absolute Gasteiger partial charge is 0.341 e. The van der Waals surface area contributed by atoms with Gasteiger partial charge in [0.2, 0.25) is 0 Å². The van der Waals surface area contributed by atoms with Crippen molar-refractivity contribution in [3.63, 3.8) is 0 Å². The van der Waals surface area contributed by atoms with Crippen LogP contribution in [0.25, 0.3) is 22.2 Å². The van der Waals surface area contributed by atoms with E-state index in [1.807, 2.05) is 32.2 Å². The Morgan fingerprint density at radius 3 is 2.85 bits per heavy atom. The fraction of sp³-hybridized carbons (Fsp3) is 0.409. The zero-order chi connectivity index (χ0) is 19.2. The lowest BCUT2D eigenvalue weighted by atomic mass is 10.1. The number of hydrogen-bond acceptors (Lipinski definition) is 4. The van der Waals surface area contributed by atoms with Gasteiger partial charge in [0.1, 0.15) is 11.6 Å². The highest BCUT2D eigenvalue weighted by Gasteiger charge is 2.11. The number of aromatic amines is 1. The minimum atomic E-state index is -0.106. The van der Waals surface area contributed by atoms with Crippen LogP contribution in [0.15, 0.2) is 36.5 Å². The number of ketones is 1. The number of H-pyrrole nitrogens is 1. The minimum Gasteiger partial charge on any atom is -0.341 e. The van der Waals surface area contributed by atoms with E-state index in [4.69, 9.17) is 5.73 Å². The fourth-order valence-electron chi connectivity index (χ4n) is 3.24. The van der Waals surface area contributed by atoms with Gasteiger partial charge in [0.25, 0.3) is 0 Å². The molecule has 0 radical (unpaired) electrons.